The summed E-state index contributed by atoms with van der Waals surface area (Å²) >= 11 is 9.45. The van der Waals surface area contributed by atoms with Gasteiger partial charge < -0.3 is 15.7 Å². The van der Waals surface area contributed by atoms with Gasteiger partial charge in [-0.2, -0.15) is 10.2 Å². The number of hydrogen-bond donors (Lipinski definition) is 3. The Balaban J connectivity index is 1.81. The predicted octanol–water partition coefficient (Wildman–Crippen LogP) is 4.76. The van der Waals surface area contributed by atoms with Crippen LogP contribution in [-0.4, -0.2) is 21.1 Å². The van der Waals surface area contributed by atoms with E-state index >= 15 is 0 Å². The maximum absolute atomic E-state index is 14.2. The molecule has 3 N–H and O–H groups in total. The van der Waals surface area contributed by atoms with Gasteiger partial charge in [0.15, 0.2) is 11.6 Å². The van der Waals surface area contributed by atoms with Gasteiger partial charge in [0, 0.05) is 16.2 Å². The molecule has 6 nitrogen and oxygen atoms in total. The minimum absolute atomic E-state index is 0.0604. The Morgan fingerprint density at radius 3 is 2.89 bits per heavy atom. The summed E-state index contributed by atoms with van der Waals surface area (Å²) in [6.07, 6.45) is 4.68. The van der Waals surface area contributed by atoms with Crippen molar-refractivity contribution in [1.82, 2.24) is 9.97 Å². The summed E-state index contributed by atoms with van der Waals surface area (Å²) in [6.45, 7) is -0.190. The Labute approximate surface area is 169 Å². The van der Waals surface area contributed by atoms with Crippen LogP contribution in [0.3, 0.4) is 0 Å². The highest BCUT2D eigenvalue weighted by Gasteiger charge is 2.26. The van der Waals surface area contributed by atoms with Crippen molar-refractivity contribution in [3.63, 3.8) is 0 Å². The van der Waals surface area contributed by atoms with Crippen molar-refractivity contribution < 1.29 is 9.50 Å². The van der Waals surface area contributed by atoms with Crippen molar-refractivity contribution in [3.05, 3.63) is 39.2 Å². The average Bonchev–Trinajstić information content (AvgIpc) is 2.67. The number of nitrogens with one attached hydrogen (secondary N) is 2. The van der Waals surface area contributed by atoms with Crippen molar-refractivity contribution in [3.8, 4) is 6.07 Å². The van der Waals surface area contributed by atoms with Crippen molar-refractivity contribution in [1.29, 1.82) is 5.26 Å². The molecule has 1 aliphatic rings. The summed E-state index contributed by atoms with van der Waals surface area (Å²) < 4.78 is 14.8. The molecule has 0 aliphatic heterocycles. The van der Waals surface area contributed by atoms with Crippen LogP contribution in [0.25, 0.3) is 0 Å². The molecule has 0 bridgehead atoms. The predicted molar refractivity (Wildman–Crippen MR) is 105 cm³/mol. The second-order valence-corrected chi connectivity index (χ2v) is 7.58. The van der Waals surface area contributed by atoms with Crippen LogP contribution in [0.4, 0.5) is 21.8 Å². The van der Waals surface area contributed by atoms with Gasteiger partial charge in [0.2, 0.25) is 5.95 Å². The molecule has 0 saturated heterocycles. The molecule has 0 unspecified atom stereocenters. The van der Waals surface area contributed by atoms with Crippen LogP contribution >= 0.6 is 27.5 Å². The number of hydrogen-bond acceptors (Lipinski definition) is 6. The third-order valence-corrected chi connectivity index (χ3v) is 5.99. The first-order valence-corrected chi connectivity index (χ1v) is 9.73. The topological polar surface area (TPSA) is 93.9 Å². The second kappa shape index (κ2) is 8.83. The van der Waals surface area contributed by atoms with E-state index in [0.29, 0.717) is 20.7 Å². The molecule has 9 heteroatoms. The number of anilines is 3. The Kier molecular flexibility index (Phi) is 6.47. The fourth-order valence-corrected chi connectivity index (χ4v) is 3.72. The monoisotopic (exact) mass is 453 g/mol. The zero-order valence-corrected chi connectivity index (χ0v) is 16.7. The Hall–Kier alpha value is -1.95. The number of aliphatic hydroxyl groups excluding tert-OH is 1. The van der Waals surface area contributed by atoms with E-state index in [1.54, 1.807) is 12.1 Å². The van der Waals surface area contributed by atoms with Crippen LogP contribution in [-0.2, 0) is 6.61 Å². The first-order valence-electron chi connectivity index (χ1n) is 8.56. The van der Waals surface area contributed by atoms with Crippen molar-refractivity contribution in [2.45, 2.75) is 38.3 Å². The smallest absolute Gasteiger partial charge is 0.229 e. The molecule has 1 aromatic carbocycles. The highest BCUT2D eigenvalue weighted by Crippen LogP contribution is 2.32. The lowest BCUT2D eigenvalue weighted by atomic mass is 9.85. The first kappa shape index (κ1) is 19.8. The molecule has 1 aromatic heterocycles. The fourth-order valence-electron chi connectivity index (χ4n) is 3.12. The summed E-state index contributed by atoms with van der Waals surface area (Å²) in [5, 5.41) is 25.1. The van der Waals surface area contributed by atoms with E-state index in [1.807, 2.05) is 0 Å². The first-order chi connectivity index (χ1) is 13.0. The molecule has 3 rings (SSSR count). The van der Waals surface area contributed by atoms with E-state index in [1.165, 1.54) is 0 Å². The fraction of sp³-hybridized carbons (Fsp3) is 0.389. The van der Waals surface area contributed by atoms with Gasteiger partial charge in [-0.3, -0.25) is 0 Å². The Morgan fingerprint density at radius 2 is 2.15 bits per heavy atom. The zero-order valence-electron chi connectivity index (χ0n) is 14.3. The SMILES string of the molecule is N#C[C@@H]1CCCC[C@H]1Nc1nc(Nc2cc(Cl)c(Br)c(CO)c2)ncc1F. The average molecular weight is 455 g/mol. The van der Waals surface area contributed by atoms with Crippen LogP contribution in [0.15, 0.2) is 22.8 Å². The number of nitriles is 1. The van der Waals surface area contributed by atoms with E-state index in [-0.39, 0.29) is 30.3 Å². The zero-order chi connectivity index (χ0) is 19.4. The molecule has 27 heavy (non-hydrogen) atoms. The van der Waals surface area contributed by atoms with E-state index < -0.39 is 5.82 Å². The van der Waals surface area contributed by atoms with Crippen LogP contribution in [0, 0.1) is 23.1 Å². The van der Waals surface area contributed by atoms with Gasteiger partial charge in [-0.1, -0.05) is 24.4 Å². The van der Waals surface area contributed by atoms with Crippen molar-refractivity contribution in [2.24, 2.45) is 5.92 Å². The van der Waals surface area contributed by atoms with Crippen LogP contribution in [0.1, 0.15) is 31.2 Å². The minimum Gasteiger partial charge on any atom is -0.392 e. The van der Waals surface area contributed by atoms with E-state index in [0.717, 1.165) is 31.9 Å². The summed E-state index contributed by atoms with van der Waals surface area (Å²) in [7, 11) is 0. The lowest BCUT2D eigenvalue weighted by Gasteiger charge is -2.28. The van der Waals surface area contributed by atoms with Gasteiger partial charge in [-0.25, -0.2) is 9.37 Å². The van der Waals surface area contributed by atoms with Gasteiger partial charge in [-0.05, 0) is 46.5 Å². The number of aromatic nitrogens is 2. The highest BCUT2D eigenvalue weighted by atomic mass is 79.9. The standard InChI is InChI=1S/C18H18BrClFN5O/c19-16-11(9-27)5-12(6-13(16)20)24-18-23-8-14(21)17(26-18)25-15-4-2-1-3-10(15)7-22/h5-6,8,10,15,27H,1-4,9H2,(H2,23,24,25,26)/t10-,15+/m0/s1. The summed E-state index contributed by atoms with van der Waals surface area (Å²) in [5.74, 6) is -0.495. The van der Waals surface area contributed by atoms with E-state index in [2.05, 4.69) is 42.6 Å². The van der Waals surface area contributed by atoms with Gasteiger partial charge in [-0.15, -0.1) is 0 Å². The Bertz CT molecular complexity index is 876. The lowest BCUT2D eigenvalue weighted by molar-refractivity contribution is 0.281. The molecule has 1 fully saturated rings. The van der Waals surface area contributed by atoms with Gasteiger partial charge >= 0.3 is 0 Å². The molecule has 0 amide bonds. The number of halogens is 3. The molecule has 0 radical (unpaired) electrons. The Morgan fingerprint density at radius 1 is 1.37 bits per heavy atom. The molecule has 2 aromatic rings. The number of rotatable bonds is 5. The number of benzene rings is 1. The van der Waals surface area contributed by atoms with Crippen molar-refractivity contribution in [2.75, 3.05) is 10.6 Å². The minimum atomic E-state index is -0.576. The number of aliphatic hydroxyl groups is 1. The molecule has 2 atom stereocenters. The summed E-state index contributed by atoms with van der Waals surface area (Å²) in [4.78, 5) is 8.16. The lowest BCUT2D eigenvalue weighted by Crippen LogP contribution is -2.32. The van der Waals surface area contributed by atoms with E-state index in [4.69, 9.17) is 11.6 Å². The molecular formula is C18H18BrClFN5O. The third-order valence-electron chi connectivity index (χ3n) is 4.53. The van der Waals surface area contributed by atoms with Gasteiger partial charge in [0.05, 0.1) is 29.8 Å². The molecular weight excluding hydrogens is 437 g/mol. The highest BCUT2D eigenvalue weighted by molar-refractivity contribution is 9.10. The largest absolute Gasteiger partial charge is 0.392 e. The van der Waals surface area contributed by atoms with E-state index in [9.17, 15) is 14.8 Å². The van der Waals surface area contributed by atoms with Crippen LogP contribution in [0.5, 0.6) is 0 Å². The van der Waals surface area contributed by atoms with Crippen LogP contribution < -0.4 is 10.6 Å². The quantitative estimate of drug-likeness (QED) is 0.603. The van der Waals surface area contributed by atoms with Gasteiger partial charge in [0.1, 0.15) is 0 Å². The van der Waals surface area contributed by atoms with Crippen molar-refractivity contribution >= 4 is 45.0 Å². The molecule has 1 heterocycles. The normalized spacial score (nSPS) is 19.4. The maximum Gasteiger partial charge on any atom is 0.229 e. The summed E-state index contributed by atoms with van der Waals surface area (Å²) in [5.41, 5.74) is 1.17. The molecule has 1 saturated carbocycles. The molecule has 1 aliphatic carbocycles. The molecule has 142 valence electrons. The maximum atomic E-state index is 14.2. The van der Waals surface area contributed by atoms with Crippen LogP contribution in [0.2, 0.25) is 5.02 Å². The molecule has 0 spiro atoms. The van der Waals surface area contributed by atoms with Gasteiger partial charge in [0.25, 0.3) is 0 Å². The summed E-state index contributed by atoms with van der Waals surface area (Å²) in [6, 6.07) is 5.50. The second-order valence-electron chi connectivity index (χ2n) is 6.38. The number of nitrogens with zero attached hydrogens (tertiary/aromatic N) is 3. The third kappa shape index (κ3) is 4.67.